The van der Waals surface area contributed by atoms with Crippen LogP contribution in [0.4, 0.5) is 5.69 Å². The van der Waals surface area contributed by atoms with Gasteiger partial charge < -0.3 is 0 Å². The molecule has 0 radical (unpaired) electrons. The smallest absolute Gasteiger partial charge is 0.281 e. The van der Waals surface area contributed by atoms with Crippen LogP contribution in [0, 0.1) is 10.1 Å². The summed E-state index contributed by atoms with van der Waals surface area (Å²) < 4.78 is 0. The molecule has 96 valence electrons. The Labute approximate surface area is 113 Å². The van der Waals surface area contributed by atoms with E-state index < -0.39 is 4.92 Å². The third-order valence-electron chi connectivity index (χ3n) is 2.32. The van der Waals surface area contributed by atoms with Gasteiger partial charge in [-0.2, -0.15) is 0 Å². The number of rotatable bonds is 4. The predicted molar refractivity (Wildman–Crippen MR) is 69.3 cm³/mol. The molecule has 2 rings (SSSR count). The molecule has 1 heterocycles. The van der Waals surface area contributed by atoms with Gasteiger partial charge in [-0.15, -0.1) is 0 Å². The van der Waals surface area contributed by atoms with E-state index in [9.17, 15) is 14.9 Å². The Balaban J connectivity index is 2.36. The summed E-state index contributed by atoms with van der Waals surface area (Å²) in [6.45, 7) is 1.31. The highest BCUT2D eigenvalue weighted by Gasteiger charge is 2.18. The molecule has 0 fully saturated rings. The first-order valence-corrected chi connectivity index (χ1v) is 6.13. The van der Waals surface area contributed by atoms with Gasteiger partial charge in [-0.3, -0.25) is 14.9 Å². The van der Waals surface area contributed by atoms with Gasteiger partial charge in [-0.1, -0.05) is 11.8 Å². The van der Waals surface area contributed by atoms with Crippen LogP contribution in [0.3, 0.4) is 0 Å². The van der Waals surface area contributed by atoms with Crippen molar-refractivity contribution in [3.63, 3.8) is 0 Å². The van der Waals surface area contributed by atoms with Gasteiger partial charge >= 0.3 is 0 Å². The van der Waals surface area contributed by atoms with Crippen molar-refractivity contribution in [2.45, 2.75) is 16.8 Å². The second-order valence-corrected chi connectivity index (χ2v) is 4.74. The lowest BCUT2D eigenvalue weighted by Crippen LogP contribution is -2.00. The summed E-state index contributed by atoms with van der Waals surface area (Å²) in [5.74, 6) is -0.328. The zero-order valence-electron chi connectivity index (χ0n) is 9.94. The van der Waals surface area contributed by atoms with E-state index in [4.69, 9.17) is 0 Å². The number of carbonyl (C=O) groups is 1. The first-order valence-electron chi connectivity index (χ1n) is 5.31. The van der Waals surface area contributed by atoms with E-state index in [0.29, 0.717) is 9.92 Å². The SMILES string of the molecule is CC(=O)c1ccc(Sc2ccncn2)cc1[N+](=O)[O-]. The second kappa shape index (κ2) is 5.57. The van der Waals surface area contributed by atoms with Crippen molar-refractivity contribution >= 4 is 23.2 Å². The summed E-state index contributed by atoms with van der Waals surface area (Å²) in [5, 5.41) is 11.6. The molecule has 0 N–H and O–H groups in total. The third kappa shape index (κ3) is 3.14. The summed E-state index contributed by atoms with van der Waals surface area (Å²) in [7, 11) is 0. The van der Waals surface area contributed by atoms with Crippen LogP contribution in [0.5, 0.6) is 0 Å². The van der Waals surface area contributed by atoms with Gasteiger partial charge in [0.1, 0.15) is 11.4 Å². The maximum absolute atomic E-state index is 11.3. The number of nitrogens with zero attached hydrogens (tertiary/aromatic N) is 3. The van der Waals surface area contributed by atoms with Gasteiger partial charge in [0.25, 0.3) is 5.69 Å². The van der Waals surface area contributed by atoms with Crippen LogP contribution in [0.2, 0.25) is 0 Å². The van der Waals surface area contributed by atoms with E-state index in [1.807, 2.05) is 0 Å². The molecule has 7 heteroatoms. The van der Waals surface area contributed by atoms with E-state index >= 15 is 0 Å². The highest BCUT2D eigenvalue weighted by atomic mass is 32.2. The molecular formula is C12H9N3O3S. The van der Waals surface area contributed by atoms with Crippen molar-refractivity contribution in [1.29, 1.82) is 0 Å². The number of ketones is 1. The Kier molecular flexibility index (Phi) is 3.86. The van der Waals surface area contributed by atoms with Gasteiger partial charge in [0.05, 0.1) is 10.5 Å². The Morgan fingerprint density at radius 1 is 1.37 bits per heavy atom. The lowest BCUT2D eigenvalue weighted by atomic mass is 10.1. The average molecular weight is 275 g/mol. The number of aromatic nitrogens is 2. The molecule has 19 heavy (non-hydrogen) atoms. The quantitative estimate of drug-likeness (QED) is 0.369. The summed E-state index contributed by atoms with van der Waals surface area (Å²) in [6, 6.07) is 6.21. The molecule has 0 amide bonds. The number of nitro groups is 1. The van der Waals surface area contributed by atoms with Crippen LogP contribution in [-0.2, 0) is 0 Å². The fraction of sp³-hybridized carbons (Fsp3) is 0.0833. The fourth-order valence-electron chi connectivity index (χ4n) is 1.48. The van der Waals surface area contributed by atoms with Crippen molar-refractivity contribution in [2.75, 3.05) is 0 Å². The van der Waals surface area contributed by atoms with Crippen LogP contribution in [0.15, 0.2) is 46.7 Å². The molecule has 2 aromatic rings. The largest absolute Gasteiger partial charge is 0.294 e. The standard InChI is InChI=1S/C12H9N3O3S/c1-8(16)10-3-2-9(6-11(10)15(17)18)19-12-4-5-13-7-14-12/h2-7H,1H3. The molecule has 0 saturated carbocycles. The normalized spacial score (nSPS) is 10.2. The Bertz CT molecular complexity index is 631. The number of hydrogen-bond acceptors (Lipinski definition) is 6. The molecule has 0 aliphatic rings. The number of hydrogen-bond donors (Lipinski definition) is 0. The topological polar surface area (TPSA) is 86.0 Å². The molecule has 0 spiro atoms. The van der Waals surface area contributed by atoms with E-state index in [0.717, 1.165) is 0 Å². The summed E-state index contributed by atoms with van der Waals surface area (Å²) in [5.41, 5.74) is -0.0800. The van der Waals surface area contributed by atoms with Crippen LogP contribution in [0.25, 0.3) is 0 Å². The molecular weight excluding hydrogens is 266 g/mol. The van der Waals surface area contributed by atoms with Gasteiger partial charge in [0.15, 0.2) is 5.78 Å². The predicted octanol–water partition coefficient (Wildman–Crippen LogP) is 2.74. The van der Waals surface area contributed by atoms with E-state index in [2.05, 4.69) is 9.97 Å². The molecule has 1 aromatic carbocycles. The lowest BCUT2D eigenvalue weighted by Gasteiger charge is -2.03. The highest BCUT2D eigenvalue weighted by Crippen LogP contribution is 2.30. The number of nitro benzene ring substituents is 1. The minimum absolute atomic E-state index is 0.108. The van der Waals surface area contributed by atoms with Crippen molar-refractivity contribution in [1.82, 2.24) is 9.97 Å². The van der Waals surface area contributed by atoms with E-state index in [-0.39, 0.29) is 17.0 Å². The van der Waals surface area contributed by atoms with Crippen molar-refractivity contribution in [3.8, 4) is 0 Å². The first-order chi connectivity index (χ1) is 9.08. The van der Waals surface area contributed by atoms with Gasteiger partial charge in [0.2, 0.25) is 0 Å². The zero-order chi connectivity index (χ0) is 13.8. The molecule has 6 nitrogen and oxygen atoms in total. The lowest BCUT2D eigenvalue weighted by molar-refractivity contribution is -0.385. The third-order valence-corrected chi connectivity index (χ3v) is 3.26. The Morgan fingerprint density at radius 2 is 2.16 bits per heavy atom. The van der Waals surface area contributed by atoms with Crippen LogP contribution < -0.4 is 0 Å². The number of carbonyl (C=O) groups excluding carboxylic acids is 1. The summed E-state index contributed by atoms with van der Waals surface area (Å²) in [4.78, 5) is 30.2. The van der Waals surface area contributed by atoms with E-state index in [1.54, 1.807) is 18.3 Å². The molecule has 0 bridgehead atoms. The Hall–Kier alpha value is -2.28. The van der Waals surface area contributed by atoms with Crippen LogP contribution in [0.1, 0.15) is 17.3 Å². The van der Waals surface area contributed by atoms with Gasteiger partial charge in [-0.25, -0.2) is 9.97 Å². The zero-order valence-corrected chi connectivity index (χ0v) is 10.8. The molecule has 0 unspecified atom stereocenters. The van der Waals surface area contributed by atoms with Crippen LogP contribution in [-0.4, -0.2) is 20.7 Å². The molecule has 0 saturated heterocycles. The van der Waals surface area contributed by atoms with Crippen molar-refractivity contribution < 1.29 is 9.72 Å². The maximum atomic E-state index is 11.3. The summed E-state index contributed by atoms with van der Waals surface area (Å²) in [6.07, 6.45) is 2.99. The van der Waals surface area contributed by atoms with Gasteiger partial charge in [-0.05, 0) is 25.1 Å². The van der Waals surface area contributed by atoms with Crippen LogP contribution >= 0.6 is 11.8 Å². The monoisotopic (exact) mass is 275 g/mol. The second-order valence-electron chi connectivity index (χ2n) is 3.64. The average Bonchev–Trinajstić information content (AvgIpc) is 2.39. The minimum atomic E-state index is -0.555. The number of Topliss-reactive ketones (excluding diaryl/α,β-unsaturated/α-hetero) is 1. The van der Waals surface area contributed by atoms with Crippen molar-refractivity contribution in [3.05, 3.63) is 52.5 Å². The molecule has 0 aliphatic heterocycles. The van der Waals surface area contributed by atoms with E-state index in [1.165, 1.54) is 37.1 Å². The number of benzene rings is 1. The minimum Gasteiger partial charge on any atom is -0.294 e. The Morgan fingerprint density at radius 3 is 2.74 bits per heavy atom. The maximum Gasteiger partial charge on any atom is 0.281 e. The van der Waals surface area contributed by atoms with Crippen molar-refractivity contribution in [2.24, 2.45) is 0 Å². The fourth-order valence-corrected chi connectivity index (χ4v) is 2.26. The highest BCUT2D eigenvalue weighted by molar-refractivity contribution is 7.99. The van der Waals surface area contributed by atoms with Gasteiger partial charge in [0, 0.05) is 17.2 Å². The summed E-state index contributed by atoms with van der Waals surface area (Å²) >= 11 is 1.27. The first kappa shape index (κ1) is 13.2. The molecule has 1 aromatic heterocycles. The molecule has 0 atom stereocenters. The molecule has 0 aliphatic carbocycles.